The molecule has 3 aromatic rings. The van der Waals surface area contributed by atoms with Crippen molar-refractivity contribution in [3.8, 4) is 0 Å². The zero-order valence-electron chi connectivity index (χ0n) is 17.5. The van der Waals surface area contributed by atoms with Gasteiger partial charge in [-0.2, -0.15) is 9.36 Å². The summed E-state index contributed by atoms with van der Waals surface area (Å²) in [5.41, 5.74) is -0.614. The fraction of sp³-hybridized carbons (Fsp3) is 0.150. The first-order valence-corrected chi connectivity index (χ1v) is 13.8. The van der Waals surface area contributed by atoms with Gasteiger partial charge in [-0.05, 0) is 30.0 Å². The molecule has 15 heteroatoms. The van der Waals surface area contributed by atoms with Crippen molar-refractivity contribution in [3.05, 3.63) is 55.5 Å². The lowest BCUT2D eigenvalue weighted by Crippen LogP contribution is -2.18. The first-order valence-electron chi connectivity index (χ1n) is 9.52. The molecule has 0 fully saturated rings. The first kappa shape index (κ1) is 27.9. The van der Waals surface area contributed by atoms with Crippen LogP contribution in [0.2, 0.25) is 20.1 Å². The van der Waals surface area contributed by atoms with Crippen LogP contribution in [0, 0.1) is 0 Å². The van der Waals surface area contributed by atoms with Crippen LogP contribution >= 0.6 is 81.5 Å². The quantitative estimate of drug-likeness (QED) is 0.135. The number of hydrogen-bond donors (Lipinski definition) is 3. The van der Waals surface area contributed by atoms with E-state index in [9.17, 15) is 19.5 Å². The molecular weight excluding hydrogens is 598 g/mol. The van der Waals surface area contributed by atoms with Gasteiger partial charge in [-0.25, -0.2) is 4.79 Å². The van der Waals surface area contributed by atoms with E-state index in [0.717, 1.165) is 22.2 Å². The maximum atomic E-state index is 12.8. The van der Waals surface area contributed by atoms with Gasteiger partial charge in [-0.15, -0.1) is 11.8 Å². The highest BCUT2D eigenvalue weighted by molar-refractivity contribution is 8.00. The Kier molecular flexibility index (Phi) is 9.94. The van der Waals surface area contributed by atoms with Gasteiger partial charge in [0.1, 0.15) is 0 Å². The molecule has 0 saturated carbocycles. The Hall–Kier alpha value is -1.73. The molecule has 1 aromatic heterocycles. The fourth-order valence-electron chi connectivity index (χ4n) is 2.63. The van der Waals surface area contributed by atoms with Gasteiger partial charge in [0.15, 0.2) is 0 Å². The maximum Gasteiger partial charge on any atom is 0.338 e. The molecule has 0 atom stereocenters. The molecule has 0 radical (unpaired) electrons. The Morgan fingerprint density at radius 3 is 2.17 bits per heavy atom. The summed E-state index contributed by atoms with van der Waals surface area (Å²) < 4.78 is 4.14. The van der Waals surface area contributed by atoms with Crippen LogP contribution in [0.3, 0.4) is 0 Å². The fourth-order valence-corrected chi connectivity index (χ4v) is 5.63. The third kappa shape index (κ3) is 6.94. The standard InChI is InChI=1S/C20H14Cl4N4O4S3/c1-2-33-20-27-19(35-28-20)26-10(29)7-34-9-5-3-8(4-6-9)25-17(30)11-12(18(31)32)14(22)16(24)15(23)13(11)21/h3-6H,2,7H2,1H3,(H,25,30)(H,31,32)(H,26,27,28,29). The molecule has 8 nitrogen and oxygen atoms in total. The highest BCUT2D eigenvalue weighted by Gasteiger charge is 2.28. The van der Waals surface area contributed by atoms with Crippen LogP contribution in [0.5, 0.6) is 0 Å². The van der Waals surface area contributed by atoms with Crippen molar-refractivity contribution in [1.82, 2.24) is 9.36 Å². The molecular formula is C20H14Cl4N4O4S3. The van der Waals surface area contributed by atoms with Crippen molar-refractivity contribution < 1.29 is 19.5 Å². The minimum atomic E-state index is -1.49. The molecule has 2 aromatic carbocycles. The van der Waals surface area contributed by atoms with Crippen LogP contribution < -0.4 is 10.6 Å². The molecule has 0 aliphatic rings. The van der Waals surface area contributed by atoms with Gasteiger partial charge in [0.05, 0.1) is 37.0 Å². The molecule has 0 saturated heterocycles. The minimum Gasteiger partial charge on any atom is -0.478 e. The Bertz CT molecular complexity index is 1290. The van der Waals surface area contributed by atoms with Crippen molar-refractivity contribution in [2.24, 2.45) is 0 Å². The van der Waals surface area contributed by atoms with Crippen molar-refractivity contribution in [2.45, 2.75) is 17.0 Å². The van der Waals surface area contributed by atoms with E-state index in [1.807, 2.05) is 6.92 Å². The molecule has 3 N–H and O–H groups in total. The summed E-state index contributed by atoms with van der Waals surface area (Å²) in [7, 11) is 0. The Morgan fingerprint density at radius 1 is 0.943 bits per heavy atom. The van der Waals surface area contributed by atoms with Crippen LogP contribution in [-0.2, 0) is 4.79 Å². The second-order valence-electron chi connectivity index (χ2n) is 6.44. The zero-order valence-corrected chi connectivity index (χ0v) is 23.0. The van der Waals surface area contributed by atoms with Crippen LogP contribution in [-0.4, -0.2) is 43.8 Å². The molecule has 2 amide bonds. The molecule has 1 heterocycles. The van der Waals surface area contributed by atoms with Crippen LogP contribution in [0.4, 0.5) is 10.8 Å². The number of benzene rings is 2. The van der Waals surface area contributed by atoms with Gasteiger partial charge in [-0.3, -0.25) is 14.9 Å². The van der Waals surface area contributed by atoms with E-state index in [0.29, 0.717) is 16.0 Å². The van der Waals surface area contributed by atoms with Gasteiger partial charge in [0.25, 0.3) is 5.91 Å². The average Bonchev–Trinajstić information content (AvgIpc) is 3.26. The number of nitrogens with one attached hydrogen (secondary N) is 2. The number of amides is 2. The number of carbonyl (C=O) groups excluding carboxylic acids is 2. The molecule has 0 aliphatic heterocycles. The van der Waals surface area contributed by atoms with Crippen LogP contribution in [0.25, 0.3) is 0 Å². The van der Waals surface area contributed by atoms with E-state index < -0.39 is 28.0 Å². The largest absolute Gasteiger partial charge is 0.478 e. The van der Waals surface area contributed by atoms with Crippen molar-refractivity contribution in [2.75, 3.05) is 22.1 Å². The maximum absolute atomic E-state index is 12.8. The average molecular weight is 612 g/mol. The third-order valence-corrected chi connectivity index (χ3v) is 8.41. The lowest BCUT2D eigenvalue weighted by molar-refractivity contribution is -0.113. The second-order valence-corrected chi connectivity index (χ2v) is 11.0. The number of aromatic carboxylic acids is 1. The number of nitrogens with zero attached hydrogens (tertiary/aromatic N) is 2. The summed E-state index contributed by atoms with van der Waals surface area (Å²) in [5, 5.41) is 14.6. The van der Waals surface area contributed by atoms with Crippen molar-refractivity contribution in [3.63, 3.8) is 0 Å². The number of carboxylic acid groups (broad SMARTS) is 1. The number of anilines is 2. The number of rotatable bonds is 9. The van der Waals surface area contributed by atoms with Gasteiger partial charge >= 0.3 is 5.97 Å². The van der Waals surface area contributed by atoms with Gasteiger partial charge in [0.2, 0.25) is 16.2 Å². The molecule has 184 valence electrons. The highest BCUT2D eigenvalue weighted by Crippen LogP contribution is 2.41. The van der Waals surface area contributed by atoms with E-state index >= 15 is 0 Å². The number of hydrogen-bond acceptors (Lipinski definition) is 8. The van der Waals surface area contributed by atoms with Crippen molar-refractivity contribution >= 4 is 110 Å². The topological polar surface area (TPSA) is 121 Å². The number of thioether (sulfide) groups is 2. The summed E-state index contributed by atoms with van der Waals surface area (Å²) >= 11 is 27.9. The second kappa shape index (κ2) is 12.5. The SMILES string of the molecule is CCSc1nsc(NC(=O)CSc2ccc(NC(=O)c3c(Cl)c(Cl)c(Cl)c(Cl)c3C(=O)O)cc2)n1. The number of carboxylic acids is 1. The summed E-state index contributed by atoms with van der Waals surface area (Å²) in [5.74, 6) is -1.57. The summed E-state index contributed by atoms with van der Waals surface area (Å²) in [6, 6.07) is 6.56. The zero-order chi connectivity index (χ0) is 25.7. The number of halogens is 4. The Morgan fingerprint density at radius 2 is 1.57 bits per heavy atom. The summed E-state index contributed by atoms with van der Waals surface area (Å²) in [6.45, 7) is 1.99. The smallest absolute Gasteiger partial charge is 0.338 e. The third-order valence-electron chi connectivity index (χ3n) is 4.12. The molecule has 0 spiro atoms. The van der Waals surface area contributed by atoms with Crippen LogP contribution in [0.15, 0.2) is 34.3 Å². The predicted molar refractivity (Wildman–Crippen MR) is 143 cm³/mol. The van der Waals surface area contributed by atoms with Crippen LogP contribution in [0.1, 0.15) is 27.6 Å². The molecule has 3 rings (SSSR count). The minimum absolute atomic E-state index is 0.140. The van der Waals surface area contributed by atoms with E-state index in [1.54, 1.807) is 24.3 Å². The number of aromatic nitrogens is 2. The lowest BCUT2D eigenvalue weighted by atomic mass is 10.1. The Balaban J connectivity index is 1.64. The Labute approximate surface area is 232 Å². The normalized spacial score (nSPS) is 10.8. The highest BCUT2D eigenvalue weighted by atomic mass is 35.5. The van der Waals surface area contributed by atoms with E-state index in [1.165, 1.54) is 23.5 Å². The van der Waals surface area contributed by atoms with E-state index in [2.05, 4.69) is 20.0 Å². The molecule has 0 aliphatic carbocycles. The van der Waals surface area contributed by atoms with Gasteiger partial charge in [0, 0.05) is 22.1 Å². The number of carbonyl (C=O) groups is 3. The summed E-state index contributed by atoms with van der Waals surface area (Å²) in [4.78, 5) is 41.6. The molecule has 0 bridgehead atoms. The van der Waals surface area contributed by atoms with Gasteiger partial charge < -0.3 is 10.4 Å². The van der Waals surface area contributed by atoms with Crippen molar-refractivity contribution in [1.29, 1.82) is 0 Å². The van der Waals surface area contributed by atoms with E-state index in [-0.39, 0.29) is 26.7 Å². The molecule has 0 unspecified atom stereocenters. The predicted octanol–water partition coefficient (Wildman–Crippen LogP) is 6.95. The monoisotopic (exact) mass is 610 g/mol. The molecule has 35 heavy (non-hydrogen) atoms. The van der Waals surface area contributed by atoms with E-state index in [4.69, 9.17) is 46.4 Å². The first-order chi connectivity index (χ1) is 16.6. The summed E-state index contributed by atoms with van der Waals surface area (Å²) in [6.07, 6.45) is 0. The lowest BCUT2D eigenvalue weighted by Gasteiger charge is -2.14. The van der Waals surface area contributed by atoms with Gasteiger partial charge in [-0.1, -0.05) is 65.1 Å².